The maximum Gasteiger partial charge on any atom is 0.419 e. The van der Waals surface area contributed by atoms with Crippen LogP contribution < -0.4 is 9.80 Å². The number of alkyl halides is 6. The zero-order chi connectivity index (χ0) is 30.7. The highest BCUT2D eigenvalue weighted by Crippen LogP contribution is 2.40. The molecular formula is C27H22F9N5O. The van der Waals surface area contributed by atoms with E-state index in [0.717, 1.165) is 18.3 Å². The van der Waals surface area contributed by atoms with Crippen LogP contribution in [-0.4, -0.2) is 45.7 Å². The molecule has 1 fully saturated rings. The van der Waals surface area contributed by atoms with Gasteiger partial charge >= 0.3 is 12.4 Å². The molecule has 0 radical (unpaired) electrons. The average molecular weight is 603 g/mol. The van der Waals surface area contributed by atoms with E-state index in [9.17, 15) is 44.6 Å². The molecule has 0 spiro atoms. The Balaban J connectivity index is 1.51. The third-order valence-electron chi connectivity index (χ3n) is 7.07. The van der Waals surface area contributed by atoms with Gasteiger partial charge in [-0.15, -0.1) is 0 Å². The molecule has 5 rings (SSSR count). The van der Waals surface area contributed by atoms with E-state index in [1.165, 1.54) is 11.8 Å². The standard InChI is InChI=1S/C27H22F9N5O/c1-12-11-40(3-4-41(12)24-18(27(34,35)36)5-15(10-37-24)13(2)42)25-38-21-9-16(26(31,32)33)8-17(23(21)39-25)14-6-19(28)22(30)20(29)7-14/h5-10,12-13,42H,3-4,11H2,1-2H3,(H,38,39)/t12-,13+/m1/s1. The van der Waals surface area contributed by atoms with Crippen molar-refractivity contribution in [3.05, 3.63) is 70.7 Å². The van der Waals surface area contributed by atoms with E-state index in [2.05, 4.69) is 15.0 Å². The molecule has 4 aromatic rings. The summed E-state index contributed by atoms with van der Waals surface area (Å²) < 4.78 is 124. The SMILES string of the molecule is C[C@H](O)c1cnc(N2CCN(c3nc4c(-c5cc(F)c(F)c(F)c5)cc(C(F)(F)F)cc4[nH]3)C[C@H]2C)c(C(F)(F)F)c1. The molecule has 2 aromatic carbocycles. The first-order valence-electron chi connectivity index (χ1n) is 12.6. The summed E-state index contributed by atoms with van der Waals surface area (Å²) in [5, 5.41) is 9.73. The summed E-state index contributed by atoms with van der Waals surface area (Å²) >= 11 is 0. The number of aromatic amines is 1. The van der Waals surface area contributed by atoms with E-state index < -0.39 is 53.1 Å². The number of aromatic nitrogens is 3. The van der Waals surface area contributed by atoms with Crippen molar-refractivity contribution in [2.75, 3.05) is 29.4 Å². The molecule has 0 bridgehead atoms. The minimum atomic E-state index is -4.84. The Labute approximate surface area is 232 Å². The van der Waals surface area contributed by atoms with Crippen LogP contribution in [0.3, 0.4) is 0 Å². The lowest BCUT2D eigenvalue weighted by molar-refractivity contribution is -0.138. The predicted molar refractivity (Wildman–Crippen MR) is 135 cm³/mol. The fraction of sp³-hybridized carbons (Fsp3) is 0.333. The van der Waals surface area contributed by atoms with Crippen LogP contribution in [0.1, 0.15) is 36.6 Å². The van der Waals surface area contributed by atoms with Gasteiger partial charge in [-0.1, -0.05) is 0 Å². The molecule has 0 amide bonds. The Morgan fingerprint density at radius 1 is 0.952 bits per heavy atom. The Bertz CT molecular complexity index is 1620. The second-order valence-electron chi connectivity index (χ2n) is 10.0. The van der Waals surface area contributed by atoms with Crippen molar-refractivity contribution in [1.82, 2.24) is 15.0 Å². The van der Waals surface area contributed by atoms with Gasteiger partial charge in [-0.05, 0) is 55.3 Å². The number of imidazole rings is 1. The molecule has 1 aliphatic rings. The number of nitrogens with zero attached hydrogens (tertiary/aromatic N) is 4. The Hall–Kier alpha value is -4.01. The van der Waals surface area contributed by atoms with Gasteiger partial charge in [0.05, 0.1) is 28.3 Å². The van der Waals surface area contributed by atoms with Crippen molar-refractivity contribution < 1.29 is 44.6 Å². The summed E-state index contributed by atoms with van der Waals surface area (Å²) in [6.45, 7) is 3.15. The van der Waals surface area contributed by atoms with E-state index in [0.29, 0.717) is 18.2 Å². The fourth-order valence-electron chi connectivity index (χ4n) is 4.95. The fourth-order valence-corrected chi connectivity index (χ4v) is 4.95. The van der Waals surface area contributed by atoms with Gasteiger partial charge in [0, 0.05) is 37.4 Å². The number of fused-ring (bicyclic) bond motifs is 1. The van der Waals surface area contributed by atoms with E-state index >= 15 is 0 Å². The number of nitrogens with one attached hydrogen (secondary N) is 1. The number of pyridine rings is 1. The van der Waals surface area contributed by atoms with Crippen LogP contribution in [0.5, 0.6) is 0 Å². The lowest BCUT2D eigenvalue weighted by atomic mass is 10.0. The van der Waals surface area contributed by atoms with Crippen molar-refractivity contribution >= 4 is 22.8 Å². The first kappa shape index (κ1) is 29.5. The smallest absolute Gasteiger partial charge is 0.389 e. The van der Waals surface area contributed by atoms with Gasteiger partial charge in [-0.2, -0.15) is 26.3 Å². The molecule has 224 valence electrons. The summed E-state index contributed by atoms with van der Waals surface area (Å²) in [7, 11) is 0. The summed E-state index contributed by atoms with van der Waals surface area (Å²) in [6.07, 6.45) is -9.60. The number of aliphatic hydroxyl groups excluding tert-OH is 1. The molecule has 15 heteroatoms. The first-order chi connectivity index (χ1) is 19.5. The second-order valence-corrected chi connectivity index (χ2v) is 10.0. The van der Waals surface area contributed by atoms with Crippen molar-refractivity contribution in [3.8, 4) is 11.1 Å². The minimum Gasteiger partial charge on any atom is -0.389 e. The van der Waals surface area contributed by atoms with Gasteiger partial charge in [0.15, 0.2) is 17.5 Å². The van der Waals surface area contributed by atoms with E-state index in [4.69, 9.17) is 0 Å². The highest BCUT2D eigenvalue weighted by Gasteiger charge is 2.39. The molecule has 2 N–H and O–H groups in total. The summed E-state index contributed by atoms with van der Waals surface area (Å²) in [5.74, 6) is -5.22. The first-order valence-corrected chi connectivity index (χ1v) is 12.6. The molecule has 1 saturated heterocycles. The lowest BCUT2D eigenvalue weighted by Crippen LogP contribution is -2.53. The number of anilines is 2. The predicted octanol–water partition coefficient (Wildman–Crippen LogP) is 6.85. The number of piperazine rings is 1. The van der Waals surface area contributed by atoms with Gasteiger partial charge in [0.25, 0.3) is 0 Å². The van der Waals surface area contributed by atoms with Gasteiger partial charge in [0.1, 0.15) is 5.82 Å². The van der Waals surface area contributed by atoms with Gasteiger partial charge < -0.3 is 19.9 Å². The van der Waals surface area contributed by atoms with Gasteiger partial charge in [0.2, 0.25) is 5.95 Å². The number of H-pyrrole nitrogens is 1. The molecule has 2 aromatic heterocycles. The zero-order valence-electron chi connectivity index (χ0n) is 21.9. The largest absolute Gasteiger partial charge is 0.419 e. The van der Waals surface area contributed by atoms with Gasteiger partial charge in [-0.3, -0.25) is 0 Å². The highest BCUT2D eigenvalue weighted by atomic mass is 19.4. The summed E-state index contributed by atoms with van der Waals surface area (Å²) in [4.78, 5) is 14.2. The number of benzene rings is 2. The molecule has 3 heterocycles. The monoisotopic (exact) mass is 603 g/mol. The second kappa shape index (κ2) is 10.4. The number of rotatable bonds is 4. The minimum absolute atomic E-state index is 0.00501. The van der Waals surface area contributed by atoms with Crippen LogP contribution in [-0.2, 0) is 12.4 Å². The Morgan fingerprint density at radius 2 is 1.62 bits per heavy atom. The van der Waals surface area contributed by atoms with Gasteiger partial charge in [-0.25, -0.2) is 23.1 Å². The molecule has 1 aliphatic heterocycles. The lowest BCUT2D eigenvalue weighted by Gasteiger charge is -2.41. The van der Waals surface area contributed by atoms with Crippen LogP contribution in [0.2, 0.25) is 0 Å². The van der Waals surface area contributed by atoms with Crippen LogP contribution >= 0.6 is 0 Å². The maximum absolute atomic E-state index is 14.0. The average Bonchev–Trinajstić information content (AvgIpc) is 3.34. The van der Waals surface area contributed by atoms with Crippen molar-refractivity contribution in [1.29, 1.82) is 0 Å². The molecule has 0 saturated carbocycles. The topological polar surface area (TPSA) is 68.3 Å². The molecule has 42 heavy (non-hydrogen) atoms. The molecule has 6 nitrogen and oxygen atoms in total. The van der Waals surface area contributed by atoms with Crippen LogP contribution in [0.25, 0.3) is 22.2 Å². The van der Waals surface area contributed by atoms with Crippen LogP contribution in [0.4, 0.5) is 51.3 Å². The molecular weight excluding hydrogens is 581 g/mol. The third-order valence-corrected chi connectivity index (χ3v) is 7.07. The summed E-state index contributed by atoms with van der Waals surface area (Å²) in [6, 6.07) is 2.82. The Kier molecular flexibility index (Phi) is 7.28. The van der Waals surface area contributed by atoms with Crippen molar-refractivity contribution in [2.24, 2.45) is 0 Å². The molecule has 0 unspecified atom stereocenters. The number of hydrogen-bond donors (Lipinski definition) is 2. The number of aliphatic hydroxyl groups is 1. The van der Waals surface area contributed by atoms with E-state index in [-0.39, 0.29) is 59.1 Å². The highest BCUT2D eigenvalue weighted by molar-refractivity contribution is 5.94. The number of halogens is 9. The zero-order valence-corrected chi connectivity index (χ0v) is 21.9. The van der Waals surface area contributed by atoms with E-state index in [1.54, 1.807) is 11.8 Å². The normalized spacial score (nSPS) is 17.3. The third kappa shape index (κ3) is 5.44. The maximum atomic E-state index is 14.0. The van der Waals surface area contributed by atoms with Crippen LogP contribution in [0, 0.1) is 17.5 Å². The van der Waals surface area contributed by atoms with Crippen LogP contribution in [0.15, 0.2) is 36.5 Å². The summed E-state index contributed by atoms with van der Waals surface area (Å²) in [5.41, 5.74) is -3.04. The quantitative estimate of drug-likeness (QED) is 0.197. The Morgan fingerprint density at radius 3 is 2.19 bits per heavy atom. The van der Waals surface area contributed by atoms with Crippen molar-refractivity contribution in [3.63, 3.8) is 0 Å². The molecule has 0 aliphatic carbocycles. The van der Waals surface area contributed by atoms with E-state index in [1.807, 2.05) is 0 Å². The van der Waals surface area contributed by atoms with Crippen molar-refractivity contribution in [2.45, 2.75) is 38.3 Å². The molecule has 2 atom stereocenters. The number of hydrogen-bond acceptors (Lipinski definition) is 5.